The second-order valence-corrected chi connectivity index (χ2v) is 12.9. The molecule has 0 saturated heterocycles. The Bertz CT molecular complexity index is 2410. The summed E-state index contributed by atoms with van der Waals surface area (Å²) in [6.45, 7) is 6.53. The summed E-state index contributed by atoms with van der Waals surface area (Å²) in [6, 6.07) is 49.4. The summed E-state index contributed by atoms with van der Waals surface area (Å²) < 4.78 is 0. The molecule has 0 amide bonds. The quantitative estimate of drug-likeness (QED) is 0.132. The van der Waals surface area contributed by atoms with Gasteiger partial charge in [-0.2, -0.15) is 10.5 Å². The van der Waals surface area contributed by atoms with Gasteiger partial charge in [0, 0.05) is 27.5 Å². The van der Waals surface area contributed by atoms with Crippen molar-refractivity contribution in [3.8, 4) is 12.1 Å². The van der Waals surface area contributed by atoms with E-state index < -0.39 is 0 Å². The molecular formula is C45H35N3. The summed E-state index contributed by atoms with van der Waals surface area (Å²) in [7, 11) is 0. The van der Waals surface area contributed by atoms with Crippen LogP contribution in [0, 0.1) is 35.5 Å². The van der Waals surface area contributed by atoms with Crippen molar-refractivity contribution in [1.82, 2.24) is 0 Å². The monoisotopic (exact) mass is 617 g/mol. The van der Waals surface area contributed by atoms with Gasteiger partial charge in [-0.1, -0.05) is 123 Å². The van der Waals surface area contributed by atoms with Crippen LogP contribution in [0.15, 0.2) is 127 Å². The average molecular weight is 618 g/mol. The van der Waals surface area contributed by atoms with Crippen molar-refractivity contribution in [1.29, 1.82) is 10.5 Å². The first kappa shape index (κ1) is 30.5. The first-order valence-corrected chi connectivity index (χ1v) is 16.4. The largest absolute Gasteiger partial charge is 0.310 e. The Morgan fingerprint density at radius 1 is 0.583 bits per heavy atom. The van der Waals surface area contributed by atoms with Gasteiger partial charge in [0.15, 0.2) is 0 Å². The SMILES string of the molecule is Cc1ccc(N(c2ccc(C=Cc3ccc4c(C#N)c(C#N)c5ccc(CC(C)C)cc5c4c3)cc2)c2cccc3ccccc23)cc1. The van der Waals surface area contributed by atoms with Crippen LogP contribution in [0.5, 0.6) is 0 Å². The van der Waals surface area contributed by atoms with Crippen molar-refractivity contribution in [3.63, 3.8) is 0 Å². The lowest BCUT2D eigenvalue weighted by Crippen LogP contribution is -2.10. The summed E-state index contributed by atoms with van der Waals surface area (Å²) in [5.74, 6) is 0.517. The fraction of sp³-hybridized carbons (Fsp3) is 0.111. The van der Waals surface area contributed by atoms with Crippen molar-refractivity contribution in [3.05, 3.63) is 161 Å². The first-order chi connectivity index (χ1) is 23.4. The van der Waals surface area contributed by atoms with Crippen LogP contribution in [0.4, 0.5) is 17.1 Å². The molecular weight excluding hydrogens is 583 g/mol. The van der Waals surface area contributed by atoms with Gasteiger partial charge in [-0.15, -0.1) is 0 Å². The average Bonchev–Trinajstić information content (AvgIpc) is 3.11. The molecule has 48 heavy (non-hydrogen) atoms. The zero-order valence-electron chi connectivity index (χ0n) is 27.4. The second kappa shape index (κ2) is 12.9. The molecule has 0 N–H and O–H groups in total. The number of anilines is 3. The van der Waals surface area contributed by atoms with Gasteiger partial charge in [-0.05, 0) is 88.5 Å². The molecule has 3 nitrogen and oxygen atoms in total. The lowest BCUT2D eigenvalue weighted by molar-refractivity contribution is 0.648. The molecule has 7 aromatic carbocycles. The van der Waals surface area contributed by atoms with Gasteiger partial charge in [0.2, 0.25) is 0 Å². The Labute approximate surface area is 282 Å². The molecule has 0 heterocycles. The van der Waals surface area contributed by atoms with E-state index in [2.05, 4.69) is 159 Å². The van der Waals surface area contributed by atoms with Gasteiger partial charge >= 0.3 is 0 Å². The summed E-state index contributed by atoms with van der Waals surface area (Å²) in [5, 5.41) is 26.1. The number of benzene rings is 7. The number of fused-ring (bicyclic) bond motifs is 4. The summed E-state index contributed by atoms with van der Waals surface area (Å²) >= 11 is 0. The van der Waals surface area contributed by atoms with Crippen LogP contribution in [-0.4, -0.2) is 0 Å². The summed E-state index contributed by atoms with van der Waals surface area (Å²) in [4.78, 5) is 2.32. The topological polar surface area (TPSA) is 50.8 Å². The second-order valence-electron chi connectivity index (χ2n) is 12.9. The van der Waals surface area contributed by atoms with E-state index in [0.717, 1.165) is 56.2 Å². The predicted molar refractivity (Wildman–Crippen MR) is 202 cm³/mol. The smallest absolute Gasteiger partial charge is 0.101 e. The Kier molecular flexibility index (Phi) is 8.21. The minimum absolute atomic E-state index is 0.437. The summed E-state index contributed by atoms with van der Waals surface area (Å²) in [6.07, 6.45) is 5.20. The molecule has 230 valence electrons. The molecule has 7 rings (SSSR count). The van der Waals surface area contributed by atoms with E-state index in [0.29, 0.717) is 17.0 Å². The van der Waals surface area contributed by atoms with Crippen LogP contribution < -0.4 is 4.90 Å². The maximum absolute atomic E-state index is 10.1. The van der Waals surface area contributed by atoms with Gasteiger partial charge in [0.25, 0.3) is 0 Å². The number of hydrogen-bond acceptors (Lipinski definition) is 3. The molecule has 0 atom stereocenters. The highest BCUT2D eigenvalue weighted by atomic mass is 15.1. The van der Waals surface area contributed by atoms with Gasteiger partial charge in [0.1, 0.15) is 12.1 Å². The van der Waals surface area contributed by atoms with E-state index in [1.807, 2.05) is 18.2 Å². The molecule has 0 aliphatic heterocycles. The van der Waals surface area contributed by atoms with Crippen molar-refractivity contribution >= 4 is 61.5 Å². The highest BCUT2D eigenvalue weighted by molar-refractivity contribution is 6.13. The molecule has 0 unspecified atom stereocenters. The van der Waals surface area contributed by atoms with E-state index in [1.165, 1.54) is 21.9 Å². The van der Waals surface area contributed by atoms with E-state index in [4.69, 9.17) is 0 Å². The van der Waals surface area contributed by atoms with E-state index in [1.54, 1.807) is 0 Å². The molecule has 0 aliphatic rings. The van der Waals surface area contributed by atoms with Gasteiger partial charge < -0.3 is 4.90 Å². The van der Waals surface area contributed by atoms with Crippen LogP contribution in [0.2, 0.25) is 0 Å². The Morgan fingerprint density at radius 2 is 1.17 bits per heavy atom. The van der Waals surface area contributed by atoms with E-state index in [-0.39, 0.29) is 0 Å². The van der Waals surface area contributed by atoms with Crippen molar-refractivity contribution in [2.45, 2.75) is 27.2 Å². The van der Waals surface area contributed by atoms with E-state index in [9.17, 15) is 10.5 Å². The number of nitrogens with zero attached hydrogens (tertiary/aromatic N) is 3. The first-order valence-electron chi connectivity index (χ1n) is 16.4. The van der Waals surface area contributed by atoms with Gasteiger partial charge in [0.05, 0.1) is 16.8 Å². The van der Waals surface area contributed by atoms with Crippen molar-refractivity contribution in [2.24, 2.45) is 5.92 Å². The standard InChI is InChI=1S/C45H35N3/c1-30(2)25-34-18-24-40-42(27-34)41-26-33(17-23-39(41)43(28-46)44(40)29-47)14-13-32-15-21-37(22-16-32)48(36-19-11-31(3)12-20-36)45-10-6-8-35-7-4-5-9-38(35)45/h4-24,26-27,30H,25H2,1-3H3. The lowest BCUT2D eigenvalue weighted by Gasteiger charge is -2.27. The Morgan fingerprint density at radius 3 is 1.85 bits per heavy atom. The molecule has 7 aromatic rings. The number of aryl methyl sites for hydroxylation is 1. The molecule has 0 aromatic heterocycles. The molecule has 0 spiro atoms. The maximum atomic E-state index is 10.1. The number of hydrogen-bond donors (Lipinski definition) is 0. The van der Waals surface area contributed by atoms with Gasteiger partial charge in [-0.25, -0.2) is 0 Å². The molecule has 3 heteroatoms. The third kappa shape index (κ3) is 5.79. The fourth-order valence-electron chi connectivity index (χ4n) is 6.69. The van der Waals surface area contributed by atoms with Crippen LogP contribution >= 0.6 is 0 Å². The van der Waals surface area contributed by atoms with Crippen LogP contribution in [0.3, 0.4) is 0 Å². The molecule has 0 radical (unpaired) electrons. The predicted octanol–water partition coefficient (Wildman–Crippen LogP) is 12.0. The molecule has 0 bridgehead atoms. The maximum Gasteiger partial charge on any atom is 0.101 e. The zero-order valence-corrected chi connectivity index (χ0v) is 27.4. The van der Waals surface area contributed by atoms with Crippen LogP contribution in [0.1, 0.15) is 47.2 Å². The van der Waals surface area contributed by atoms with E-state index >= 15 is 0 Å². The molecule has 0 fully saturated rings. The fourth-order valence-corrected chi connectivity index (χ4v) is 6.69. The third-order valence-corrected chi connectivity index (χ3v) is 8.99. The normalized spacial score (nSPS) is 11.4. The molecule has 0 aliphatic carbocycles. The molecule has 0 saturated carbocycles. The third-order valence-electron chi connectivity index (χ3n) is 8.99. The van der Waals surface area contributed by atoms with Crippen LogP contribution in [0.25, 0.3) is 44.5 Å². The zero-order chi connectivity index (χ0) is 33.2. The highest BCUT2D eigenvalue weighted by Gasteiger charge is 2.17. The Balaban J connectivity index is 1.27. The minimum atomic E-state index is 0.437. The minimum Gasteiger partial charge on any atom is -0.310 e. The van der Waals surface area contributed by atoms with Crippen molar-refractivity contribution in [2.75, 3.05) is 4.90 Å². The lowest BCUT2D eigenvalue weighted by atomic mass is 9.89. The van der Waals surface area contributed by atoms with Crippen LogP contribution in [-0.2, 0) is 6.42 Å². The van der Waals surface area contributed by atoms with Gasteiger partial charge in [-0.3, -0.25) is 0 Å². The van der Waals surface area contributed by atoms with Crippen molar-refractivity contribution < 1.29 is 0 Å². The Hall–Kier alpha value is -6.16. The number of rotatable bonds is 7. The number of nitriles is 2. The highest BCUT2D eigenvalue weighted by Crippen LogP contribution is 2.39. The summed E-state index contributed by atoms with van der Waals surface area (Å²) in [5.41, 5.74) is 8.79.